The quantitative estimate of drug-likeness (QED) is 0.813. The molecule has 1 aliphatic rings. The van der Waals surface area contributed by atoms with Gasteiger partial charge in [0.05, 0.1) is 29.0 Å². The molecule has 1 heterocycles. The molecule has 0 aliphatic carbocycles. The van der Waals surface area contributed by atoms with Gasteiger partial charge in [-0.15, -0.1) is 0 Å². The molecule has 0 aromatic heterocycles. The van der Waals surface area contributed by atoms with Gasteiger partial charge in [0.2, 0.25) is 0 Å². The van der Waals surface area contributed by atoms with E-state index in [0.29, 0.717) is 17.6 Å². The van der Waals surface area contributed by atoms with E-state index in [1.54, 1.807) is 0 Å². The Kier molecular flexibility index (Phi) is 3.17. The maximum atomic E-state index is 9.21. The number of nitrogens with one attached hydrogen (secondary N) is 1. The van der Waals surface area contributed by atoms with Gasteiger partial charge in [-0.3, -0.25) is 0 Å². The fourth-order valence-corrected chi connectivity index (χ4v) is 2.00. The van der Waals surface area contributed by atoms with Crippen LogP contribution in [0.3, 0.4) is 0 Å². The van der Waals surface area contributed by atoms with Crippen molar-refractivity contribution in [3.63, 3.8) is 0 Å². The smallest absolute Gasteiger partial charge is 0.0973 e. The molecule has 0 bridgehead atoms. The maximum Gasteiger partial charge on any atom is 0.0973 e. The maximum absolute atomic E-state index is 9.21. The Labute approximate surface area is 107 Å². The summed E-state index contributed by atoms with van der Waals surface area (Å²) in [5.74, 6) is 0. The van der Waals surface area contributed by atoms with Crippen molar-refractivity contribution in [3.8, 4) is 12.1 Å². The van der Waals surface area contributed by atoms with Crippen LogP contribution in [-0.2, 0) is 0 Å². The van der Waals surface area contributed by atoms with Gasteiger partial charge >= 0.3 is 0 Å². The third-order valence-corrected chi connectivity index (χ3v) is 3.00. The van der Waals surface area contributed by atoms with Crippen LogP contribution in [0.4, 0.5) is 0 Å². The van der Waals surface area contributed by atoms with Crippen LogP contribution >= 0.6 is 0 Å². The number of nitrogens with zero attached hydrogens (tertiary/aromatic N) is 2. The lowest BCUT2D eigenvalue weighted by Crippen LogP contribution is -2.18. The van der Waals surface area contributed by atoms with Crippen LogP contribution in [0.25, 0.3) is 5.70 Å². The summed E-state index contributed by atoms with van der Waals surface area (Å²) in [6, 6.07) is 12.3. The Morgan fingerprint density at radius 1 is 1.11 bits per heavy atom. The van der Waals surface area contributed by atoms with Crippen LogP contribution in [0, 0.1) is 29.6 Å². The summed E-state index contributed by atoms with van der Waals surface area (Å²) in [7, 11) is 0. The molecule has 1 aliphatic heterocycles. The highest BCUT2D eigenvalue weighted by Crippen LogP contribution is 2.28. The lowest BCUT2D eigenvalue weighted by molar-refractivity contribution is 0.968. The highest BCUT2D eigenvalue weighted by atomic mass is 14.9. The van der Waals surface area contributed by atoms with E-state index < -0.39 is 0 Å². The van der Waals surface area contributed by atoms with Crippen LogP contribution in [0.1, 0.15) is 24.5 Å². The first-order valence-electron chi connectivity index (χ1n) is 5.73. The third-order valence-electron chi connectivity index (χ3n) is 3.00. The van der Waals surface area contributed by atoms with Gasteiger partial charge in [-0.2, -0.15) is 10.5 Å². The van der Waals surface area contributed by atoms with Gasteiger partial charge in [0, 0.05) is 12.1 Å². The van der Waals surface area contributed by atoms with Gasteiger partial charge in [0.1, 0.15) is 0 Å². The zero-order chi connectivity index (χ0) is 13.1. The van der Waals surface area contributed by atoms with E-state index in [1.807, 2.05) is 38.1 Å². The summed E-state index contributed by atoms with van der Waals surface area (Å²) in [5.41, 5.74) is 5.02. The van der Waals surface area contributed by atoms with Crippen molar-refractivity contribution in [2.45, 2.75) is 20.3 Å². The topological polar surface area (TPSA) is 59.6 Å². The minimum atomic E-state index is 0.412. The van der Waals surface area contributed by atoms with Crippen molar-refractivity contribution in [2.24, 2.45) is 0 Å². The first kappa shape index (κ1) is 12.0. The second-order valence-corrected chi connectivity index (χ2v) is 4.35. The Balaban J connectivity index is 2.48. The Morgan fingerprint density at radius 3 is 2.44 bits per heavy atom. The number of dihydropyridines is 1. The molecule has 0 saturated heterocycles. The van der Waals surface area contributed by atoms with E-state index in [4.69, 9.17) is 5.26 Å². The lowest BCUT2D eigenvalue weighted by Gasteiger charge is -2.20. The summed E-state index contributed by atoms with van der Waals surface area (Å²) < 4.78 is 0. The number of allylic oxidation sites excluding steroid dienone is 3. The number of hydrogen-bond acceptors (Lipinski definition) is 3. The molecule has 3 nitrogen and oxygen atoms in total. The molecule has 3 heteroatoms. The van der Waals surface area contributed by atoms with Crippen molar-refractivity contribution in [1.29, 1.82) is 10.5 Å². The summed E-state index contributed by atoms with van der Waals surface area (Å²) in [6.07, 6.45) is 0.412. The standard InChI is InChI=1S/C15H13N3/c1-10-4-3-5-12(6-10)15-14(9-17)7-13(8-16)11(2)18-15/h3-6,18H,7H2,1-2H3. The van der Waals surface area contributed by atoms with E-state index in [0.717, 1.165) is 22.5 Å². The number of aryl methyl sites for hydroxylation is 1. The minimum absolute atomic E-state index is 0.412. The first-order valence-corrected chi connectivity index (χ1v) is 5.73. The van der Waals surface area contributed by atoms with Crippen LogP contribution < -0.4 is 5.32 Å². The first-order chi connectivity index (χ1) is 8.65. The fourth-order valence-electron chi connectivity index (χ4n) is 2.00. The molecule has 0 spiro atoms. The fraction of sp³-hybridized carbons (Fsp3) is 0.200. The molecular weight excluding hydrogens is 222 g/mol. The monoisotopic (exact) mass is 235 g/mol. The normalized spacial score (nSPS) is 14.9. The summed E-state index contributed by atoms with van der Waals surface area (Å²) in [6.45, 7) is 3.88. The number of hydrogen-bond donors (Lipinski definition) is 1. The molecule has 18 heavy (non-hydrogen) atoms. The van der Waals surface area contributed by atoms with E-state index >= 15 is 0 Å². The number of benzene rings is 1. The van der Waals surface area contributed by atoms with Gasteiger partial charge in [0.25, 0.3) is 0 Å². The molecule has 0 atom stereocenters. The molecule has 0 amide bonds. The van der Waals surface area contributed by atoms with Gasteiger partial charge < -0.3 is 5.32 Å². The molecule has 88 valence electrons. The largest absolute Gasteiger partial charge is 0.357 e. The van der Waals surface area contributed by atoms with Gasteiger partial charge in [-0.1, -0.05) is 23.8 Å². The molecule has 1 aromatic rings. The molecule has 1 aromatic carbocycles. The Bertz CT molecular complexity index is 636. The summed E-state index contributed by atoms with van der Waals surface area (Å²) in [5, 5.41) is 21.4. The second kappa shape index (κ2) is 4.77. The van der Waals surface area contributed by atoms with Crippen LogP contribution in [0.5, 0.6) is 0 Å². The van der Waals surface area contributed by atoms with Gasteiger partial charge in [0.15, 0.2) is 0 Å². The predicted molar refractivity (Wildman–Crippen MR) is 69.8 cm³/mol. The molecular formula is C15H13N3. The average Bonchev–Trinajstić information content (AvgIpc) is 2.38. The molecule has 2 rings (SSSR count). The van der Waals surface area contributed by atoms with Crippen molar-refractivity contribution in [2.75, 3.05) is 0 Å². The molecule has 0 saturated carbocycles. The van der Waals surface area contributed by atoms with E-state index in [1.165, 1.54) is 0 Å². The SMILES string of the molecule is CC1=C(C#N)CC(C#N)=C(c2cccc(C)c2)N1. The third kappa shape index (κ3) is 2.12. The van der Waals surface area contributed by atoms with Crippen molar-refractivity contribution < 1.29 is 0 Å². The lowest BCUT2D eigenvalue weighted by atomic mass is 9.95. The molecule has 0 radical (unpaired) electrons. The predicted octanol–water partition coefficient (Wildman–Crippen LogP) is 3.02. The number of nitriles is 2. The van der Waals surface area contributed by atoms with E-state index in [9.17, 15) is 5.26 Å². The summed E-state index contributed by atoms with van der Waals surface area (Å²) in [4.78, 5) is 0. The Hall–Kier alpha value is -2.52. The van der Waals surface area contributed by atoms with Crippen LogP contribution in [0.2, 0.25) is 0 Å². The minimum Gasteiger partial charge on any atom is -0.357 e. The average molecular weight is 235 g/mol. The second-order valence-electron chi connectivity index (χ2n) is 4.35. The zero-order valence-electron chi connectivity index (χ0n) is 10.4. The molecule has 1 N–H and O–H groups in total. The highest BCUT2D eigenvalue weighted by Gasteiger charge is 2.18. The number of rotatable bonds is 1. The Morgan fingerprint density at radius 2 is 1.83 bits per heavy atom. The molecule has 0 unspecified atom stereocenters. The van der Waals surface area contributed by atoms with E-state index in [2.05, 4.69) is 17.5 Å². The molecule has 0 fully saturated rings. The summed E-state index contributed by atoms with van der Waals surface area (Å²) >= 11 is 0. The zero-order valence-corrected chi connectivity index (χ0v) is 10.4. The van der Waals surface area contributed by atoms with E-state index in [-0.39, 0.29) is 0 Å². The van der Waals surface area contributed by atoms with Gasteiger partial charge in [-0.05, 0) is 25.5 Å². The van der Waals surface area contributed by atoms with Gasteiger partial charge in [-0.25, -0.2) is 0 Å². The van der Waals surface area contributed by atoms with Crippen molar-refractivity contribution >= 4 is 5.70 Å². The highest BCUT2D eigenvalue weighted by molar-refractivity contribution is 5.74. The van der Waals surface area contributed by atoms with Crippen molar-refractivity contribution in [1.82, 2.24) is 5.32 Å². The van der Waals surface area contributed by atoms with Crippen molar-refractivity contribution in [3.05, 3.63) is 52.2 Å². The van der Waals surface area contributed by atoms with Crippen LogP contribution in [0.15, 0.2) is 41.1 Å². The van der Waals surface area contributed by atoms with Crippen LogP contribution in [-0.4, -0.2) is 0 Å².